The molecule has 1 unspecified atom stereocenters. The van der Waals surface area contributed by atoms with E-state index in [-0.39, 0.29) is 11.8 Å². The highest BCUT2D eigenvalue weighted by Crippen LogP contribution is 2.44. The van der Waals surface area contributed by atoms with E-state index in [9.17, 15) is 4.79 Å². The van der Waals surface area contributed by atoms with Crippen LogP contribution in [0.4, 0.5) is 5.82 Å². The highest BCUT2D eigenvalue weighted by Gasteiger charge is 2.42. The number of piperidine rings is 1. The third-order valence-corrected chi connectivity index (χ3v) is 6.17. The second kappa shape index (κ2) is 6.46. The summed E-state index contributed by atoms with van der Waals surface area (Å²) < 4.78 is 0. The summed E-state index contributed by atoms with van der Waals surface area (Å²) in [5.41, 5.74) is 3.99. The van der Waals surface area contributed by atoms with Gasteiger partial charge in [0.1, 0.15) is 0 Å². The van der Waals surface area contributed by atoms with Gasteiger partial charge >= 0.3 is 0 Å². The molecule has 1 saturated heterocycles. The maximum absolute atomic E-state index is 12.9. The van der Waals surface area contributed by atoms with Crippen molar-refractivity contribution >= 4 is 22.6 Å². The number of nitrogens with one attached hydrogen (secondary N) is 2. The first-order valence-electron chi connectivity index (χ1n) is 9.64. The fourth-order valence-corrected chi connectivity index (χ4v) is 4.94. The Morgan fingerprint density at radius 2 is 2.30 bits per heavy atom. The number of anilines is 1. The van der Waals surface area contributed by atoms with Gasteiger partial charge < -0.3 is 10.3 Å². The second-order valence-corrected chi connectivity index (χ2v) is 7.56. The van der Waals surface area contributed by atoms with Crippen LogP contribution >= 0.6 is 0 Å². The summed E-state index contributed by atoms with van der Waals surface area (Å²) in [6.07, 6.45) is 8.88. The number of amides is 1. The Hall–Kier alpha value is -2.73. The largest absolute Gasteiger partial charge is 0.361 e. The Morgan fingerprint density at radius 1 is 1.37 bits per heavy atom. The molecule has 138 valence electrons. The van der Waals surface area contributed by atoms with Crippen LogP contribution in [0.15, 0.2) is 43.0 Å². The molecule has 6 nitrogen and oxygen atoms in total. The average molecular weight is 361 g/mol. The van der Waals surface area contributed by atoms with E-state index < -0.39 is 0 Å². The van der Waals surface area contributed by atoms with E-state index in [1.54, 1.807) is 18.6 Å². The number of aromatic amines is 1. The van der Waals surface area contributed by atoms with Crippen molar-refractivity contribution in [2.75, 3.05) is 18.4 Å². The van der Waals surface area contributed by atoms with Gasteiger partial charge in [0.05, 0.1) is 12.1 Å². The standard InChI is InChI=1S/C21H23N5O/c1-2-26-12-14(21(27)25-19-11-22-6-7-23-19)8-16-15-4-3-5-17-20(15)13(10-24-17)9-18(16)26/h3-7,10-11,14,16,18,24H,2,8-9,12H2,1H3,(H,23,25,27)/t14-,16?,18-/m1/s1. The second-order valence-electron chi connectivity index (χ2n) is 7.56. The van der Waals surface area contributed by atoms with Crippen molar-refractivity contribution in [2.24, 2.45) is 5.92 Å². The third-order valence-electron chi connectivity index (χ3n) is 6.17. The van der Waals surface area contributed by atoms with Gasteiger partial charge in [-0.15, -0.1) is 0 Å². The van der Waals surface area contributed by atoms with Crippen molar-refractivity contribution < 1.29 is 4.79 Å². The van der Waals surface area contributed by atoms with Gasteiger partial charge in [0.25, 0.3) is 0 Å². The highest BCUT2D eigenvalue weighted by molar-refractivity contribution is 5.92. The molecule has 2 aliphatic rings. The SMILES string of the molecule is CCN1C[C@H](C(=O)Nc2cnccn2)CC2c3cccc4[nH]cc(c34)C[C@H]21. The van der Waals surface area contributed by atoms with E-state index in [1.807, 2.05) is 0 Å². The summed E-state index contributed by atoms with van der Waals surface area (Å²) in [7, 11) is 0. The highest BCUT2D eigenvalue weighted by atomic mass is 16.2. The first kappa shape index (κ1) is 16.4. The first-order chi connectivity index (χ1) is 13.2. The molecule has 2 aromatic heterocycles. The maximum atomic E-state index is 12.9. The number of rotatable bonds is 3. The number of likely N-dealkylation sites (N-methyl/N-ethyl adjacent to an activating group) is 1. The maximum Gasteiger partial charge on any atom is 0.229 e. The monoisotopic (exact) mass is 361 g/mol. The number of hydrogen-bond donors (Lipinski definition) is 2. The third kappa shape index (κ3) is 2.72. The number of likely N-dealkylation sites (tertiary alicyclic amines) is 1. The van der Waals surface area contributed by atoms with Gasteiger partial charge in [-0.3, -0.25) is 14.7 Å². The lowest BCUT2D eigenvalue weighted by molar-refractivity contribution is -0.122. The summed E-state index contributed by atoms with van der Waals surface area (Å²) in [5, 5.41) is 4.31. The number of aromatic nitrogens is 3. The predicted molar refractivity (Wildman–Crippen MR) is 105 cm³/mol. The molecule has 1 amide bonds. The number of hydrogen-bond acceptors (Lipinski definition) is 4. The molecular formula is C21H23N5O. The molecule has 2 N–H and O–H groups in total. The Kier molecular flexibility index (Phi) is 3.93. The summed E-state index contributed by atoms with van der Waals surface area (Å²) in [4.78, 5) is 27.0. The molecule has 3 atom stereocenters. The van der Waals surface area contributed by atoms with Gasteiger partial charge in [-0.25, -0.2) is 4.98 Å². The average Bonchev–Trinajstić information content (AvgIpc) is 3.12. The van der Waals surface area contributed by atoms with Crippen LogP contribution in [0.2, 0.25) is 0 Å². The van der Waals surface area contributed by atoms with Crippen LogP contribution in [-0.2, 0) is 11.2 Å². The fourth-order valence-electron chi connectivity index (χ4n) is 4.94. The zero-order chi connectivity index (χ0) is 18.4. The zero-order valence-corrected chi connectivity index (χ0v) is 15.4. The lowest BCUT2D eigenvalue weighted by Crippen LogP contribution is -2.52. The number of benzene rings is 1. The molecule has 1 aromatic carbocycles. The lowest BCUT2D eigenvalue weighted by atomic mass is 9.72. The minimum Gasteiger partial charge on any atom is -0.361 e. The molecule has 6 heteroatoms. The number of fused-ring (bicyclic) bond motifs is 2. The molecule has 0 radical (unpaired) electrons. The van der Waals surface area contributed by atoms with Crippen LogP contribution in [0.5, 0.6) is 0 Å². The van der Waals surface area contributed by atoms with Gasteiger partial charge in [0, 0.05) is 48.0 Å². The molecule has 1 fully saturated rings. The number of carbonyl (C=O) groups is 1. The summed E-state index contributed by atoms with van der Waals surface area (Å²) in [5.74, 6) is 0.887. The fraction of sp³-hybridized carbons (Fsp3) is 0.381. The smallest absolute Gasteiger partial charge is 0.229 e. The van der Waals surface area contributed by atoms with Gasteiger partial charge in [-0.1, -0.05) is 19.1 Å². The molecule has 0 saturated carbocycles. The summed E-state index contributed by atoms with van der Waals surface area (Å²) in [6.45, 7) is 3.93. The quantitative estimate of drug-likeness (QED) is 0.752. The van der Waals surface area contributed by atoms with Gasteiger partial charge in [-0.2, -0.15) is 0 Å². The molecule has 0 bridgehead atoms. The van der Waals surface area contributed by atoms with Crippen molar-refractivity contribution in [3.05, 3.63) is 54.1 Å². The van der Waals surface area contributed by atoms with Crippen molar-refractivity contribution in [3.8, 4) is 0 Å². The van der Waals surface area contributed by atoms with Crippen LogP contribution in [0.25, 0.3) is 10.9 Å². The van der Waals surface area contributed by atoms with E-state index in [2.05, 4.69) is 56.5 Å². The van der Waals surface area contributed by atoms with Crippen LogP contribution in [0, 0.1) is 5.92 Å². The lowest BCUT2D eigenvalue weighted by Gasteiger charge is -2.46. The predicted octanol–water partition coefficient (Wildman–Crippen LogP) is 2.95. The molecule has 3 aromatic rings. The molecule has 1 aliphatic heterocycles. The topological polar surface area (TPSA) is 73.9 Å². The minimum absolute atomic E-state index is 0.0411. The van der Waals surface area contributed by atoms with E-state index in [0.717, 1.165) is 25.9 Å². The first-order valence-corrected chi connectivity index (χ1v) is 9.64. The van der Waals surface area contributed by atoms with Crippen molar-refractivity contribution in [1.29, 1.82) is 0 Å². The normalized spacial score (nSPS) is 24.6. The Morgan fingerprint density at radius 3 is 3.11 bits per heavy atom. The van der Waals surface area contributed by atoms with Crippen LogP contribution in [0.3, 0.4) is 0 Å². The van der Waals surface area contributed by atoms with Crippen molar-refractivity contribution in [3.63, 3.8) is 0 Å². The summed E-state index contributed by atoms with van der Waals surface area (Å²) >= 11 is 0. The number of carbonyl (C=O) groups excluding carboxylic acids is 1. The Bertz CT molecular complexity index is 983. The minimum atomic E-state index is -0.0519. The van der Waals surface area contributed by atoms with Crippen LogP contribution < -0.4 is 5.32 Å². The van der Waals surface area contributed by atoms with E-state index in [0.29, 0.717) is 17.8 Å². The Balaban J connectivity index is 1.46. The molecule has 27 heavy (non-hydrogen) atoms. The van der Waals surface area contributed by atoms with Crippen LogP contribution in [-0.4, -0.2) is 44.9 Å². The van der Waals surface area contributed by atoms with Crippen LogP contribution in [0.1, 0.15) is 30.4 Å². The van der Waals surface area contributed by atoms with Gasteiger partial charge in [0.2, 0.25) is 5.91 Å². The van der Waals surface area contributed by atoms with Crippen molar-refractivity contribution in [1.82, 2.24) is 19.9 Å². The van der Waals surface area contributed by atoms with E-state index in [4.69, 9.17) is 0 Å². The van der Waals surface area contributed by atoms with E-state index >= 15 is 0 Å². The zero-order valence-electron chi connectivity index (χ0n) is 15.4. The molecule has 5 rings (SSSR count). The molecule has 3 heterocycles. The molecule has 0 spiro atoms. The Labute approximate surface area is 158 Å². The van der Waals surface area contributed by atoms with Gasteiger partial charge in [-0.05, 0) is 36.6 Å². The molecular weight excluding hydrogens is 338 g/mol. The number of nitrogens with zero attached hydrogens (tertiary/aromatic N) is 3. The van der Waals surface area contributed by atoms with Crippen molar-refractivity contribution in [2.45, 2.75) is 31.7 Å². The summed E-state index contributed by atoms with van der Waals surface area (Å²) in [6, 6.07) is 6.97. The van der Waals surface area contributed by atoms with E-state index in [1.165, 1.54) is 22.0 Å². The molecule has 1 aliphatic carbocycles. The van der Waals surface area contributed by atoms with Gasteiger partial charge in [0.15, 0.2) is 5.82 Å². The number of H-pyrrole nitrogens is 1.